The van der Waals surface area contributed by atoms with E-state index in [1.165, 1.54) is 13.0 Å². The van der Waals surface area contributed by atoms with Crippen LogP contribution in [0.1, 0.15) is 39.0 Å². The summed E-state index contributed by atoms with van der Waals surface area (Å²) in [6.45, 7) is 4.61. The largest absolute Gasteiger partial charge is 0.368 e. The van der Waals surface area contributed by atoms with E-state index < -0.39 is 5.54 Å². The van der Waals surface area contributed by atoms with Crippen LogP contribution in [0.3, 0.4) is 0 Å². The van der Waals surface area contributed by atoms with E-state index in [1.54, 1.807) is 0 Å². The zero-order chi connectivity index (χ0) is 14.0. The Morgan fingerprint density at radius 3 is 2.74 bits per heavy atom. The normalized spacial score (nSPS) is 37.8. The smallest absolute Gasteiger partial charge is 0.238 e. The molecule has 4 heteroatoms. The fourth-order valence-electron chi connectivity index (χ4n) is 3.77. The number of nitrogens with zero attached hydrogens (tertiary/aromatic N) is 1. The molecule has 0 aromatic heterocycles. The number of hydrogen-bond acceptors (Lipinski definition) is 3. The van der Waals surface area contributed by atoms with Gasteiger partial charge in [0, 0.05) is 6.54 Å². The van der Waals surface area contributed by atoms with Gasteiger partial charge >= 0.3 is 0 Å². The minimum Gasteiger partial charge on any atom is -0.368 e. The summed E-state index contributed by atoms with van der Waals surface area (Å²) < 4.78 is 0. The van der Waals surface area contributed by atoms with Crippen molar-refractivity contribution in [2.24, 2.45) is 23.5 Å². The first kappa shape index (κ1) is 14.8. The second-order valence-corrected chi connectivity index (χ2v) is 6.70. The summed E-state index contributed by atoms with van der Waals surface area (Å²) in [6, 6.07) is 0. The van der Waals surface area contributed by atoms with E-state index in [-0.39, 0.29) is 5.91 Å². The molecular weight excluding hydrogens is 238 g/mol. The van der Waals surface area contributed by atoms with Crippen LogP contribution in [0.15, 0.2) is 0 Å². The van der Waals surface area contributed by atoms with Gasteiger partial charge in [-0.15, -0.1) is 0 Å². The van der Waals surface area contributed by atoms with Crippen molar-refractivity contribution in [2.75, 3.05) is 27.2 Å². The molecule has 0 aliphatic heterocycles. The van der Waals surface area contributed by atoms with Crippen LogP contribution in [-0.4, -0.2) is 43.5 Å². The van der Waals surface area contributed by atoms with E-state index in [2.05, 4.69) is 24.2 Å². The highest BCUT2D eigenvalue weighted by Gasteiger charge is 2.46. The third-order valence-electron chi connectivity index (χ3n) is 5.39. The lowest BCUT2D eigenvalue weighted by atomic mass is 9.84. The van der Waals surface area contributed by atoms with Crippen LogP contribution < -0.4 is 11.1 Å². The number of carbonyl (C=O) groups is 1. The lowest BCUT2D eigenvalue weighted by Gasteiger charge is -2.33. The third kappa shape index (κ3) is 3.11. The van der Waals surface area contributed by atoms with Gasteiger partial charge in [0.1, 0.15) is 5.54 Å². The highest BCUT2D eigenvalue weighted by molar-refractivity contribution is 5.85. The summed E-state index contributed by atoms with van der Waals surface area (Å²) in [5, 5.41) is 3.22. The molecule has 2 fully saturated rings. The van der Waals surface area contributed by atoms with Crippen LogP contribution in [0.4, 0.5) is 0 Å². The molecule has 1 amide bonds. The topological polar surface area (TPSA) is 58.4 Å². The van der Waals surface area contributed by atoms with Crippen LogP contribution in [0, 0.1) is 17.8 Å². The molecule has 3 N–H and O–H groups in total. The van der Waals surface area contributed by atoms with Crippen molar-refractivity contribution in [3.8, 4) is 0 Å². The molecule has 110 valence electrons. The van der Waals surface area contributed by atoms with Crippen molar-refractivity contribution in [2.45, 2.75) is 44.6 Å². The molecule has 4 unspecified atom stereocenters. The van der Waals surface area contributed by atoms with E-state index in [9.17, 15) is 4.79 Å². The van der Waals surface area contributed by atoms with E-state index in [1.807, 2.05) is 7.05 Å². The van der Waals surface area contributed by atoms with Gasteiger partial charge in [0.2, 0.25) is 5.91 Å². The van der Waals surface area contributed by atoms with Gasteiger partial charge in [-0.3, -0.25) is 4.79 Å². The van der Waals surface area contributed by atoms with Crippen LogP contribution in [0.2, 0.25) is 0 Å². The molecule has 2 aliphatic rings. The lowest BCUT2D eigenvalue weighted by Crippen LogP contribution is -2.56. The number of nitrogens with one attached hydrogen (secondary N) is 1. The van der Waals surface area contributed by atoms with Crippen molar-refractivity contribution in [1.29, 1.82) is 0 Å². The number of likely N-dealkylation sites (N-methyl/N-ethyl adjacent to an activating group) is 1. The van der Waals surface area contributed by atoms with Gasteiger partial charge in [-0.05, 0) is 64.1 Å². The van der Waals surface area contributed by atoms with E-state index in [0.717, 1.165) is 44.1 Å². The first-order valence-corrected chi connectivity index (χ1v) is 7.67. The van der Waals surface area contributed by atoms with Crippen molar-refractivity contribution >= 4 is 5.91 Å². The maximum Gasteiger partial charge on any atom is 0.238 e. The Bertz CT molecular complexity index is 333. The van der Waals surface area contributed by atoms with Gasteiger partial charge in [0.15, 0.2) is 0 Å². The first-order chi connectivity index (χ1) is 8.99. The summed E-state index contributed by atoms with van der Waals surface area (Å²) in [5.74, 6) is 2.04. The average molecular weight is 267 g/mol. The Balaban J connectivity index is 1.82. The van der Waals surface area contributed by atoms with E-state index in [4.69, 9.17) is 5.73 Å². The fraction of sp³-hybridized carbons (Fsp3) is 0.933. The maximum atomic E-state index is 11.8. The number of rotatable bonds is 7. The molecule has 0 heterocycles. The van der Waals surface area contributed by atoms with Crippen molar-refractivity contribution in [1.82, 2.24) is 10.2 Å². The molecule has 0 radical (unpaired) electrons. The number of primary amides is 1. The molecule has 0 aromatic rings. The van der Waals surface area contributed by atoms with Gasteiger partial charge in [-0.1, -0.05) is 13.3 Å². The quantitative estimate of drug-likeness (QED) is 0.729. The van der Waals surface area contributed by atoms with Crippen molar-refractivity contribution in [3.05, 3.63) is 0 Å². The second-order valence-electron chi connectivity index (χ2n) is 6.70. The molecule has 2 saturated carbocycles. The SMILES string of the molecule is CNC1(C(N)=O)CCCC1CCN(C)CC1CC1C. The molecular formula is C15H29N3O. The Labute approximate surface area is 117 Å². The highest BCUT2D eigenvalue weighted by Crippen LogP contribution is 2.39. The van der Waals surface area contributed by atoms with Gasteiger partial charge < -0.3 is 16.0 Å². The second kappa shape index (κ2) is 5.80. The van der Waals surface area contributed by atoms with Crippen LogP contribution in [0.5, 0.6) is 0 Å². The molecule has 19 heavy (non-hydrogen) atoms. The summed E-state index contributed by atoms with van der Waals surface area (Å²) in [7, 11) is 4.07. The van der Waals surface area contributed by atoms with Crippen LogP contribution in [0.25, 0.3) is 0 Å². The van der Waals surface area contributed by atoms with E-state index >= 15 is 0 Å². The average Bonchev–Trinajstić information content (AvgIpc) is 2.91. The molecule has 0 saturated heterocycles. The monoisotopic (exact) mass is 267 g/mol. The molecule has 2 rings (SSSR count). The number of hydrogen-bond donors (Lipinski definition) is 2. The molecule has 0 aromatic carbocycles. The first-order valence-electron chi connectivity index (χ1n) is 7.67. The van der Waals surface area contributed by atoms with Gasteiger partial charge in [-0.2, -0.15) is 0 Å². The summed E-state index contributed by atoms with van der Waals surface area (Å²) in [5.41, 5.74) is 5.18. The van der Waals surface area contributed by atoms with Crippen molar-refractivity contribution in [3.63, 3.8) is 0 Å². The number of amides is 1. The third-order valence-corrected chi connectivity index (χ3v) is 5.39. The number of carbonyl (C=O) groups excluding carboxylic acids is 1. The van der Waals surface area contributed by atoms with Gasteiger partial charge in [0.05, 0.1) is 0 Å². The van der Waals surface area contributed by atoms with Crippen LogP contribution in [-0.2, 0) is 4.79 Å². The van der Waals surface area contributed by atoms with Gasteiger partial charge in [-0.25, -0.2) is 0 Å². The van der Waals surface area contributed by atoms with E-state index in [0.29, 0.717) is 5.92 Å². The fourth-order valence-corrected chi connectivity index (χ4v) is 3.77. The molecule has 0 bridgehead atoms. The molecule has 4 nitrogen and oxygen atoms in total. The zero-order valence-electron chi connectivity index (χ0n) is 12.6. The molecule has 4 atom stereocenters. The predicted octanol–water partition coefficient (Wildman–Crippen LogP) is 1.21. The standard InChI is InChI=1S/C15H29N3O/c1-11-9-12(11)10-18(3)8-6-13-5-4-7-15(13,17-2)14(16)19/h11-13,17H,4-10H2,1-3H3,(H2,16,19). The molecule has 0 spiro atoms. The Morgan fingerprint density at radius 2 is 2.21 bits per heavy atom. The minimum absolute atomic E-state index is 0.170. The summed E-state index contributed by atoms with van der Waals surface area (Å²) in [4.78, 5) is 14.2. The lowest BCUT2D eigenvalue weighted by molar-refractivity contribution is -0.125. The van der Waals surface area contributed by atoms with Crippen molar-refractivity contribution < 1.29 is 4.79 Å². The Hall–Kier alpha value is -0.610. The summed E-state index contributed by atoms with van der Waals surface area (Å²) >= 11 is 0. The highest BCUT2D eigenvalue weighted by atomic mass is 16.1. The Kier molecular flexibility index (Phi) is 4.51. The molecule has 2 aliphatic carbocycles. The predicted molar refractivity (Wildman–Crippen MR) is 77.7 cm³/mol. The van der Waals surface area contributed by atoms with Gasteiger partial charge in [0.25, 0.3) is 0 Å². The minimum atomic E-state index is -0.451. The number of nitrogens with two attached hydrogens (primary N) is 1. The summed E-state index contributed by atoms with van der Waals surface area (Å²) in [6.07, 6.45) is 5.58. The van der Waals surface area contributed by atoms with Crippen LogP contribution >= 0.6 is 0 Å². The maximum absolute atomic E-state index is 11.8. The zero-order valence-corrected chi connectivity index (χ0v) is 12.6. The Morgan fingerprint density at radius 1 is 1.53 bits per heavy atom.